The number of hydrogen-bond acceptors (Lipinski definition) is 3. The maximum absolute atomic E-state index is 13.1. The second-order valence-corrected chi connectivity index (χ2v) is 4.29. The smallest absolute Gasteiger partial charge is 0.125 e. The van der Waals surface area contributed by atoms with Gasteiger partial charge in [0.05, 0.1) is 19.3 Å². The molecule has 17 heavy (non-hydrogen) atoms. The van der Waals surface area contributed by atoms with Crippen LogP contribution in [0.4, 0.5) is 4.39 Å². The fourth-order valence-electron chi connectivity index (χ4n) is 1.93. The van der Waals surface area contributed by atoms with Crippen LogP contribution in [0, 0.1) is 5.82 Å². The molecule has 1 N–H and O–H groups in total. The number of benzene rings is 1. The van der Waals surface area contributed by atoms with Gasteiger partial charge in [-0.15, -0.1) is 0 Å². The molecule has 0 unspecified atom stereocenters. The van der Waals surface area contributed by atoms with E-state index in [4.69, 9.17) is 9.47 Å². The molecule has 1 aromatic carbocycles. The van der Waals surface area contributed by atoms with Crippen LogP contribution in [0.25, 0.3) is 0 Å². The molecule has 4 heteroatoms. The molecule has 1 aromatic rings. The van der Waals surface area contributed by atoms with E-state index < -0.39 is 6.10 Å². The van der Waals surface area contributed by atoms with E-state index in [1.54, 1.807) is 13.0 Å². The molecule has 1 heterocycles. The molecule has 1 aliphatic heterocycles. The maximum Gasteiger partial charge on any atom is 0.125 e. The largest absolute Gasteiger partial charge is 0.490 e. The molecular weight excluding hydrogens is 223 g/mol. The van der Waals surface area contributed by atoms with Crippen molar-refractivity contribution in [2.45, 2.75) is 32.0 Å². The van der Waals surface area contributed by atoms with E-state index >= 15 is 0 Å². The molecule has 1 saturated heterocycles. The van der Waals surface area contributed by atoms with E-state index in [2.05, 4.69) is 0 Å². The number of halogens is 1. The SMILES string of the molecule is C[C@@H](O)c1cc(F)ccc1OC1CCOCC1. The van der Waals surface area contributed by atoms with E-state index in [-0.39, 0.29) is 11.9 Å². The molecule has 1 aliphatic rings. The Bertz CT molecular complexity index is 373. The topological polar surface area (TPSA) is 38.7 Å². The van der Waals surface area contributed by atoms with Crippen LogP contribution in [0.3, 0.4) is 0 Å². The number of aliphatic hydroxyl groups excluding tert-OH is 1. The van der Waals surface area contributed by atoms with E-state index in [1.165, 1.54) is 12.1 Å². The first-order valence-corrected chi connectivity index (χ1v) is 5.88. The fourth-order valence-corrected chi connectivity index (χ4v) is 1.93. The quantitative estimate of drug-likeness (QED) is 0.882. The van der Waals surface area contributed by atoms with E-state index in [1.807, 2.05) is 0 Å². The van der Waals surface area contributed by atoms with Crippen LogP contribution in [-0.4, -0.2) is 24.4 Å². The van der Waals surface area contributed by atoms with Gasteiger partial charge in [-0.2, -0.15) is 0 Å². The minimum Gasteiger partial charge on any atom is -0.490 e. The lowest BCUT2D eigenvalue weighted by atomic mass is 10.1. The number of rotatable bonds is 3. The standard InChI is InChI=1S/C13H17FO3/c1-9(15)12-8-10(14)2-3-13(12)17-11-4-6-16-7-5-11/h2-3,8-9,11,15H,4-7H2,1H3/t9-/m1/s1. The molecule has 0 amide bonds. The van der Waals surface area contributed by atoms with Gasteiger partial charge in [0.2, 0.25) is 0 Å². The van der Waals surface area contributed by atoms with Gasteiger partial charge in [0.15, 0.2) is 0 Å². The summed E-state index contributed by atoms with van der Waals surface area (Å²) in [4.78, 5) is 0. The molecule has 0 saturated carbocycles. The van der Waals surface area contributed by atoms with Crippen LogP contribution in [-0.2, 0) is 4.74 Å². The summed E-state index contributed by atoms with van der Waals surface area (Å²) in [5.41, 5.74) is 0.497. The van der Waals surface area contributed by atoms with E-state index in [9.17, 15) is 9.50 Å². The highest BCUT2D eigenvalue weighted by Crippen LogP contribution is 2.28. The molecule has 0 aromatic heterocycles. The van der Waals surface area contributed by atoms with Crippen molar-refractivity contribution in [3.63, 3.8) is 0 Å². The summed E-state index contributed by atoms with van der Waals surface area (Å²) in [6.07, 6.45) is 1.01. The van der Waals surface area contributed by atoms with Gasteiger partial charge in [-0.25, -0.2) is 4.39 Å². The zero-order chi connectivity index (χ0) is 12.3. The average molecular weight is 240 g/mol. The lowest BCUT2D eigenvalue weighted by Gasteiger charge is -2.25. The molecule has 1 atom stereocenters. The predicted molar refractivity (Wildman–Crippen MR) is 61.5 cm³/mol. The van der Waals surface area contributed by atoms with Crippen LogP contribution < -0.4 is 4.74 Å². The highest BCUT2D eigenvalue weighted by Gasteiger charge is 2.18. The maximum atomic E-state index is 13.1. The summed E-state index contributed by atoms with van der Waals surface area (Å²) in [6.45, 7) is 2.98. The molecular formula is C13H17FO3. The fraction of sp³-hybridized carbons (Fsp3) is 0.538. The lowest BCUT2D eigenvalue weighted by molar-refractivity contribution is 0.0242. The zero-order valence-corrected chi connectivity index (χ0v) is 9.86. The van der Waals surface area contributed by atoms with Crippen molar-refractivity contribution in [3.8, 4) is 5.75 Å². The van der Waals surface area contributed by atoms with Gasteiger partial charge in [0.25, 0.3) is 0 Å². The van der Waals surface area contributed by atoms with Gasteiger partial charge < -0.3 is 14.6 Å². The average Bonchev–Trinajstić information content (AvgIpc) is 2.32. The Labute approximate surface area is 100 Å². The summed E-state index contributed by atoms with van der Waals surface area (Å²) < 4.78 is 24.1. The summed E-state index contributed by atoms with van der Waals surface area (Å²) in [7, 11) is 0. The highest BCUT2D eigenvalue weighted by molar-refractivity contribution is 5.35. The second kappa shape index (κ2) is 5.47. The van der Waals surface area contributed by atoms with Crippen LogP contribution in [0.1, 0.15) is 31.4 Å². The first-order valence-electron chi connectivity index (χ1n) is 5.88. The molecule has 2 rings (SSSR count). The zero-order valence-electron chi connectivity index (χ0n) is 9.86. The minimum absolute atomic E-state index is 0.0895. The third kappa shape index (κ3) is 3.17. The van der Waals surface area contributed by atoms with Crippen molar-refractivity contribution in [2.75, 3.05) is 13.2 Å². The van der Waals surface area contributed by atoms with Gasteiger partial charge in [0, 0.05) is 18.4 Å². The van der Waals surface area contributed by atoms with Crippen LogP contribution in [0.15, 0.2) is 18.2 Å². The highest BCUT2D eigenvalue weighted by atomic mass is 19.1. The Balaban J connectivity index is 2.13. The van der Waals surface area contributed by atoms with Crippen molar-refractivity contribution >= 4 is 0 Å². The van der Waals surface area contributed by atoms with Crippen molar-refractivity contribution in [1.29, 1.82) is 0 Å². The van der Waals surface area contributed by atoms with E-state index in [0.717, 1.165) is 12.8 Å². The van der Waals surface area contributed by atoms with Gasteiger partial charge in [-0.3, -0.25) is 0 Å². The summed E-state index contributed by atoms with van der Waals surface area (Å²) >= 11 is 0. The van der Waals surface area contributed by atoms with Gasteiger partial charge in [0.1, 0.15) is 17.7 Å². The minimum atomic E-state index is -0.736. The summed E-state index contributed by atoms with van der Waals surface area (Å²) in [5, 5.41) is 9.59. The molecule has 0 bridgehead atoms. The third-order valence-electron chi connectivity index (χ3n) is 2.88. The second-order valence-electron chi connectivity index (χ2n) is 4.29. The first-order chi connectivity index (χ1) is 8.16. The molecule has 0 spiro atoms. The monoisotopic (exact) mass is 240 g/mol. The molecule has 94 valence electrons. The number of aliphatic hydroxyl groups is 1. The Kier molecular flexibility index (Phi) is 3.97. The Morgan fingerprint density at radius 2 is 2.12 bits per heavy atom. The predicted octanol–water partition coefficient (Wildman–Crippen LogP) is 2.44. The lowest BCUT2D eigenvalue weighted by Crippen LogP contribution is -2.26. The van der Waals surface area contributed by atoms with Gasteiger partial charge in [-0.05, 0) is 25.1 Å². The normalized spacial score (nSPS) is 19.0. The van der Waals surface area contributed by atoms with Gasteiger partial charge >= 0.3 is 0 Å². The molecule has 1 fully saturated rings. The summed E-state index contributed by atoms with van der Waals surface area (Å²) in [6, 6.07) is 4.24. The number of hydrogen-bond donors (Lipinski definition) is 1. The van der Waals surface area contributed by atoms with Crippen LogP contribution in [0.5, 0.6) is 5.75 Å². The van der Waals surface area contributed by atoms with E-state index in [0.29, 0.717) is 24.5 Å². The summed E-state index contributed by atoms with van der Waals surface area (Å²) in [5.74, 6) is 0.202. The Morgan fingerprint density at radius 1 is 1.41 bits per heavy atom. The third-order valence-corrected chi connectivity index (χ3v) is 2.88. The Hall–Kier alpha value is -1.13. The molecule has 0 radical (unpaired) electrons. The Morgan fingerprint density at radius 3 is 2.76 bits per heavy atom. The number of ether oxygens (including phenoxy) is 2. The van der Waals surface area contributed by atoms with Gasteiger partial charge in [-0.1, -0.05) is 0 Å². The molecule has 3 nitrogen and oxygen atoms in total. The molecule has 0 aliphatic carbocycles. The van der Waals surface area contributed by atoms with Crippen molar-refractivity contribution in [2.24, 2.45) is 0 Å². The van der Waals surface area contributed by atoms with Crippen molar-refractivity contribution in [1.82, 2.24) is 0 Å². The first kappa shape index (κ1) is 12.3. The van der Waals surface area contributed by atoms with Crippen LogP contribution >= 0.6 is 0 Å². The van der Waals surface area contributed by atoms with Crippen molar-refractivity contribution in [3.05, 3.63) is 29.6 Å². The van der Waals surface area contributed by atoms with Crippen molar-refractivity contribution < 1.29 is 19.0 Å². The van der Waals surface area contributed by atoms with Crippen LogP contribution in [0.2, 0.25) is 0 Å².